The zero-order valence-corrected chi connectivity index (χ0v) is 9.81. The summed E-state index contributed by atoms with van der Waals surface area (Å²) in [5.74, 6) is 0.450. The number of carbonyl (C=O) groups is 2. The van der Waals surface area contributed by atoms with Gasteiger partial charge in [0.1, 0.15) is 5.78 Å². The van der Waals surface area contributed by atoms with Crippen molar-refractivity contribution in [1.82, 2.24) is 5.32 Å². The van der Waals surface area contributed by atoms with Gasteiger partial charge < -0.3 is 5.32 Å². The number of Topliss-reactive ketones (excluding diaryl/α,β-unsaturated/α-hetero) is 1. The quantitative estimate of drug-likeness (QED) is 0.733. The molecule has 0 aromatic rings. The molecule has 0 aromatic heterocycles. The lowest BCUT2D eigenvalue weighted by Crippen LogP contribution is -2.36. The summed E-state index contributed by atoms with van der Waals surface area (Å²) in [6.45, 7) is 7.60. The van der Waals surface area contributed by atoms with Crippen LogP contribution in [0.4, 0.5) is 0 Å². The van der Waals surface area contributed by atoms with Gasteiger partial charge in [-0.15, -0.1) is 0 Å². The Bertz CT molecular complexity index is 219. The molecule has 0 fully saturated rings. The van der Waals surface area contributed by atoms with Crippen molar-refractivity contribution in [3.8, 4) is 0 Å². The van der Waals surface area contributed by atoms with Crippen LogP contribution in [0, 0.1) is 11.3 Å². The number of hydrogen-bond acceptors (Lipinski definition) is 2. The van der Waals surface area contributed by atoms with E-state index in [-0.39, 0.29) is 11.7 Å². The van der Waals surface area contributed by atoms with E-state index in [4.69, 9.17) is 0 Å². The third-order valence-corrected chi connectivity index (χ3v) is 2.12. The molecule has 0 spiro atoms. The highest BCUT2D eigenvalue weighted by Gasteiger charge is 2.29. The largest absolute Gasteiger partial charge is 0.359 e. The van der Waals surface area contributed by atoms with E-state index in [9.17, 15) is 9.59 Å². The topological polar surface area (TPSA) is 46.2 Å². The molecule has 0 heterocycles. The van der Waals surface area contributed by atoms with Crippen molar-refractivity contribution in [3.63, 3.8) is 0 Å². The first-order valence-electron chi connectivity index (χ1n) is 5.03. The van der Waals surface area contributed by atoms with Crippen molar-refractivity contribution < 1.29 is 9.59 Å². The Hall–Kier alpha value is -0.860. The molecular weight excluding hydrogens is 178 g/mol. The summed E-state index contributed by atoms with van der Waals surface area (Å²) in [7, 11) is 1.59. The molecule has 0 aliphatic heterocycles. The molecule has 0 radical (unpaired) electrons. The second-order valence-electron chi connectivity index (χ2n) is 4.78. The highest BCUT2D eigenvalue weighted by atomic mass is 16.2. The molecule has 0 aliphatic carbocycles. The van der Waals surface area contributed by atoms with Crippen LogP contribution in [-0.4, -0.2) is 18.7 Å². The lowest BCUT2D eigenvalue weighted by molar-refractivity contribution is -0.133. The summed E-state index contributed by atoms with van der Waals surface area (Å²) in [6, 6.07) is 0. The molecule has 0 bridgehead atoms. The predicted octanol–water partition coefficient (Wildman–Crippen LogP) is 1.76. The molecule has 1 N–H and O–H groups in total. The smallest absolute Gasteiger partial charge is 0.225 e. The maximum Gasteiger partial charge on any atom is 0.225 e. The molecule has 0 atom stereocenters. The van der Waals surface area contributed by atoms with Crippen molar-refractivity contribution in [3.05, 3.63) is 0 Å². The van der Waals surface area contributed by atoms with Gasteiger partial charge in [-0.2, -0.15) is 0 Å². The van der Waals surface area contributed by atoms with E-state index in [2.05, 4.69) is 5.32 Å². The number of amides is 1. The van der Waals surface area contributed by atoms with E-state index in [0.717, 1.165) is 0 Å². The first-order chi connectivity index (χ1) is 6.29. The van der Waals surface area contributed by atoms with Crippen LogP contribution in [0.25, 0.3) is 0 Å². The third kappa shape index (κ3) is 4.40. The summed E-state index contributed by atoms with van der Waals surface area (Å²) in [5.41, 5.74) is -0.583. The zero-order valence-electron chi connectivity index (χ0n) is 9.81. The highest BCUT2D eigenvalue weighted by molar-refractivity contribution is 5.89. The maximum atomic E-state index is 11.5. The summed E-state index contributed by atoms with van der Waals surface area (Å²) >= 11 is 0. The molecule has 14 heavy (non-hydrogen) atoms. The molecule has 0 saturated carbocycles. The van der Waals surface area contributed by atoms with Gasteiger partial charge in [0.2, 0.25) is 5.91 Å². The molecule has 0 rings (SSSR count). The van der Waals surface area contributed by atoms with Crippen LogP contribution < -0.4 is 5.32 Å². The average Bonchev–Trinajstić information content (AvgIpc) is 1.99. The molecule has 3 heteroatoms. The summed E-state index contributed by atoms with van der Waals surface area (Å²) in [4.78, 5) is 22.9. The van der Waals surface area contributed by atoms with E-state index in [1.807, 2.05) is 13.8 Å². The van der Waals surface area contributed by atoms with E-state index in [1.54, 1.807) is 20.9 Å². The van der Waals surface area contributed by atoms with Crippen LogP contribution in [0.5, 0.6) is 0 Å². The van der Waals surface area contributed by atoms with Gasteiger partial charge in [0.15, 0.2) is 0 Å². The molecule has 0 unspecified atom stereocenters. The highest BCUT2D eigenvalue weighted by Crippen LogP contribution is 2.22. The van der Waals surface area contributed by atoms with Crippen molar-refractivity contribution >= 4 is 11.7 Å². The van der Waals surface area contributed by atoms with Gasteiger partial charge in [-0.3, -0.25) is 9.59 Å². The first-order valence-corrected chi connectivity index (χ1v) is 5.03. The SMILES string of the molecule is CNC(=O)C(C)(C)CC(=O)CC(C)C. The Morgan fingerprint density at radius 1 is 1.29 bits per heavy atom. The Morgan fingerprint density at radius 3 is 2.14 bits per heavy atom. The van der Waals surface area contributed by atoms with E-state index >= 15 is 0 Å². The number of carbonyl (C=O) groups excluding carboxylic acids is 2. The Kier molecular flexibility index (Phi) is 4.81. The number of nitrogens with one attached hydrogen (secondary N) is 1. The van der Waals surface area contributed by atoms with Gasteiger partial charge in [0.05, 0.1) is 5.41 Å². The first kappa shape index (κ1) is 13.1. The van der Waals surface area contributed by atoms with Gasteiger partial charge in [-0.25, -0.2) is 0 Å². The lowest BCUT2D eigenvalue weighted by Gasteiger charge is -2.21. The normalized spacial score (nSPS) is 11.6. The second-order valence-corrected chi connectivity index (χ2v) is 4.78. The van der Waals surface area contributed by atoms with Crippen LogP contribution in [0.2, 0.25) is 0 Å². The summed E-state index contributed by atoms with van der Waals surface area (Å²) in [6.07, 6.45) is 0.880. The van der Waals surface area contributed by atoms with E-state index in [0.29, 0.717) is 18.8 Å². The van der Waals surface area contributed by atoms with Crippen molar-refractivity contribution in [2.24, 2.45) is 11.3 Å². The Labute approximate surface area is 86.3 Å². The average molecular weight is 199 g/mol. The van der Waals surface area contributed by atoms with Gasteiger partial charge in [0.25, 0.3) is 0 Å². The number of hydrogen-bond donors (Lipinski definition) is 1. The van der Waals surface area contributed by atoms with Crippen molar-refractivity contribution in [1.29, 1.82) is 0 Å². The minimum atomic E-state index is -0.583. The van der Waals surface area contributed by atoms with E-state index < -0.39 is 5.41 Å². The maximum absolute atomic E-state index is 11.5. The fraction of sp³-hybridized carbons (Fsp3) is 0.818. The fourth-order valence-corrected chi connectivity index (χ4v) is 1.44. The van der Waals surface area contributed by atoms with Crippen LogP contribution >= 0.6 is 0 Å². The van der Waals surface area contributed by atoms with Crippen LogP contribution in [0.15, 0.2) is 0 Å². The minimum Gasteiger partial charge on any atom is -0.359 e. The molecule has 3 nitrogen and oxygen atoms in total. The van der Waals surface area contributed by atoms with Crippen LogP contribution in [-0.2, 0) is 9.59 Å². The Morgan fingerprint density at radius 2 is 1.79 bits per heavy atom. The van der Waals surface area contributed by atoms with Crippen LogP contribution in [0.3, 0.4) is 0 Å². The van der Waals surface area contributed by atoms with Crippen molar-refractivity contribution in [2.75, 3.05) is 7.05 Å². The van der Waals surface area contributed by atoms with Gasteiger partial charge in [0, 0.05) is 19.9 Å². The zero-order chi connectivity index (χ0) is 11.4. The molecule has 0 aromatic carbocycles. The molecule has 82 valence electrons. The third-order valence-electron chi connectivity index (χ3n) is 2.12. The van der Waals surface area contributed by atoms with E-state index in [1.165, 1.54) is 0 Å². The van der Waals surface area contributed by atoms with Gasteiger partial charge >= 0.3 is 0 Å². The predicted molar refractivity (Wildman–Crippen MR) is 56.9 cm³/mol. The fourth-order valence-electron chi connectivity index (χ4n) is 1.44. The molecular formula is C11H21NO2. The minimum absolute atomic E-state index is 0.0744. The molecule has 1 amide bonds. The lowest BCUT2D eigenvalue weighted by atomic mass is 9.84. The summed E-state index contributed by atoms with van der Waals surface area (Å²) < 4.78 is 0. The van der Waals surface area contributed by atoms with Crippen LogP contribution in [0.1, 0.15) is 40.5 Å². The standard InChI is InChI=1S/C11H21NO2/c1-8(2)6-9(13)7-11(3,4)10(14)12-5/h8H,6-7H2,1-5H3,(H,12,14). The molecule has 0 saturated heterocycles. The molecule has 0 aliphatic rings. The summed E-state index contributed by atoms with van der Waals surface area (Å²) in [5, 5.41) is 2.57. The van der Waals surface area contributed by atoms with Crippen molar-refractivity contribution in [2.45, 2.75) is 40.5 Å². The second kappa shape index (κ2) is 5.13. The van der Waals surface area contributed by atoms with Gasteiger partial charge in [-0.1, -0.05) is 27.7 Å². The number of rotatable bonds is 5. The number of ketones is 1. The Balaban J connectivity index is 4.22. The monoisotopic (exact) mass is 199 g/mol. The van der Waals surface area contributed by atoms with Gasteiger partial charge in [-0.05, 0) is 5.92 Å².